The third kappa shape index (κ3) is 4.29. The molecule has 1 saturated heterocycles. The van der Waals surface area contributed by atoms with E-state index in [1.807, 2.05) is 28.5 Å². The van der Waals surface area contributed by atoms with Gasteiger partial charge in [-0.2, -0.15) is 0 Å². The molecular weight excluding hydrogens is 380 g/mol. The molecule has 22 heavy (non-hydrogen) atoms. The summed E-state index contributed by atoms with van der Waals surface area (Å²) >= 11 is 6.93. The van der Waals surface area contributed by atoms with E-state index in [9.17, 15) is 4.79 Å². The first-order valence-electron chi connectivity index (χ1n) is 7.18. The van der Waals surface area contributed by atoms with E-state index in [2.05, 4.69) is 33.0 Å². The molecule has 0 bridgehead atoms. The molecule has 2 aromatic rings. The number of thiophene rings is 2. The van der Waals surface area contributed by atoms with Crippen LogP contribution in [0, 0.1) is 0 Å². The Morgan fingerprint density at radius 3 is 2.68 bits per heavy atom. The minimum Gasteiger partial charge on any atom is -0.337 e. The van der Waals surface area contributed by atoms with Crippen LogP contribution in [0.25, 0.3) is 6.08 Å². The molecule has 0 unspecified atom stereocenters. The second-order valence-electron chi connectivity index (χ2n) is 5.16. The van der Waals surface area contributed by atoms with Gasteiger partial charge in [0, 0.05) is 48.6 Å². The van der Waals surface area contributed by atoms with Crippen LogP contribution in [0.1, 0.15) is 9.75 Å². The van der Waals surface area contributed by atoms with Gasteiger partial charge in [0.1, 0.15) is 0 Å². The predicted octanol–water partition coefficient (Wildman–Crippen LogP) is 3.93. The molecule has 0 aliphatic carbocycles. The molecule has 1 aliphatic heterocycles. The molecule has 0 atom stereocenters. The van der Waals surface area contributed by atoms with Crippen molar-refractivity contribution in [3.63, 3.8) is 0 Å². The van der Waals surface area contributed by atoms with Crippen molar-refractivity contribution in [3.05, 3.63) is 49.3 Å². The van der Waals surface area contributed by atoms with Gasteiger partial charge in [-0.15, -0.1) is 22.7 Å². The Hall–Kier alpha value is -0.950. The zero-order valence-electron chi connectivity index (χ0n) is 12.1. The van der Waals surface area contributed by atoms with E-state index in [4.69, 9.17) is 0 Å². The summed E-state index contributed by atoms with van der Waals surface area (Å²) in [6.07, 6.45) is 3.60. The molecule has 1 fully saturated rings. The minimum atomic E-state index is 0.118. The van der Waals surface area contributed by atoms with Gasteiger partial charge in [0.05, 0.1) is 3.79 Å². The summed E-state index contributed by atoms with van der Waals surface area (Å²) in [7, 11) is 0. The van der Waals surface area contributed by atoms with E-state index in [0.717, 1.165) is 37.6 Å². The van der Waals surface area contributed by atoms with Crippen LogP contribution < -0.4 is 0 Å². The zero-order valence-corrected chi connectivity index (χ0v) is 15.3. The maximum Gasteiger partial charge on any atom is 0.246 e. The standard InChI is InChI=1S/C16H17BrN2OS2/c17-15-5-3-14(22-15)12-18-7-9-19(10-8-18)16(20)6-4-13-2-1-11-21-13/h1-6,11H,7-10,12H2/b6-4+. The largest absolute Gasteiger partial charge is 0.337 e. The van der Waals surface area contributed by atoms with Crippen molar-refractivity contribution in [2.75, 3.05) is 26.2 Å². The van der Waals surface area contributed by atoms with E-state index in [0.29, 0.717) is 0 Å². The monoisotopic (exact) mass is 396 g/mol. The average Bonchev–Trinajstić information content (AvgIpc) is 3.17. The van der Waals surface area contributed by atoms with Crippen molar-refractivity contribution in [2.45, 2.75) is 6.54 Å². The number of amides is 1. The molecule has 0 N–H and O–H groups in total. The van der Waals surface area contributed by atoms with E-state index in [-0.39, 0.29) is 5.91 Å². The van der Waals surface area contributed by atoms with Crippen LogP contribution in [0.4, 0.5) is 0 Å². The highest BCUT2D eigenvalue weighted by Gasteiger charge is 2.19. The Kier molecular flexibility index (Phi) is 5.46. The molecule has 0 saturated carbocycles. The molecule has 116 valence electrons. The Bertz CT molecular complexity index is 643. The minimum absolute atomic E-state index is 0.118. The second kappa shape index (κ2) is 7.55. The lowest BCUT2D eigenvalue weighted by molar-refractivity contribution is -0.127. The van der Waals surface area contributed by atoms with Gasteiger partial charge >= 0.3 is 0 Å². The Morgan fingerprint density at radius 2 is 2.05 bits per heavy atom. The second-order valence-corrected chi connectivity index (χ2v) is 8.68. The normalized spacial score (nSPS) is 16.5. The molecule has 3 nitrogen and oxygen atoms in total. The lowest BCUT2D eigenvalue weighted by Gasteiger charge is -2.33. The molecular formula is C16H17BrN2OS2. The van der Waals surface area contributed by atoms with Gasteiger partial charge in [-0.1, -0.05) is 6.07 Å². The summed E-state index contributed by atoms with van der Waals surface area (Å²) in [6, 6.07) is 8.27. The highest BCUT2D eigenvalue weighted by molar-refractivity contribution is 9.11. The smallest absolute Gasteiger partial charge is 0.246 e. The van der Waals surface area contributed by atoms with Gasteiger partial charge in [-0.3, -0.25) is 9.69 Å². The zero-order chi connectivity index (χ0) is 15.4. The van der Waals surface area contributed by atoms with Gasteiger partial charge in [0.2, 0.25) is 5.91 Å². The van der Waals surface area contributed by atoms with Crippen LogP contribution in [0.3, 0.4) is 0 Å². The summed E-state index contributed by atoms with van der Waals surface area (Å²) in [4.78, 5) is 19.0. The third-order valence-electron chi connectivity index (χ3n) is 3.63. The number of halogens is 1. The number of nitrogens with zero attached hydrogens (tertiary/aromatic N) is 2. The Labute approximate surface area is 147 Å². The fourth-order valence-electron chi connectivity index (χ4n) is 2.43. The fourth-order valence-corrected chi connectivity index (χ4v) is 4.57. The maximum atomic E-state index is 12.2. The molecule has 0 radical (unpaired) electrons. The lowest BCUT2D eigenvalue weighted by atomic mass is 10.3. The van der Waals surface area contributed by atoms with Gasteiger partial charge in [-0.05, 0) is 45.6 Å². The van der Waals surface area contributed by atoms with Crippen LogP contribution in [0.15, 0.2) is 39.5 Å². The van der Waals surface area contributed by atoms with Crippen LogP contribution in [0.5, 0.6) is 0 Å². The van der Waals surface area contributed by atoms with Gasteiger partial charge in [0.15, 0.2) is 0 Å². The topological polar surface area (TPSA) is 23.6 Å². The number of hydrogen-bond acceptors (Lipinski definition) is 4. The summed E-state index contributed by atoms with van der Waals surface area (Å²) in [5.41, 5.74) is 0. The molecule has 0 spiro atoms. The quantitative estimate of drug-likeness (QED) is 0.730. The molecule has 1 amide bonds. The van der Waals surface area contributed by atoms with E-state index >= 15 is 0 Å². The third-order valence-corrected chi connectivity index (χ3v) is 6.07. The first-order valence-corrected chi connectivity index (χ1v) is 9.67. The van der Waals surface area contributed by atoms with Gasteiger partial charge in [-0.25, -0.2) is 0 Å². The molecule has 3 rings (SSSR count). The highest BCUT2D eigenvalue weighted by atomic mass is 79.9. The van der Waals surface area contributed by atoms with Crippen molar-refractivity contribution in [1.82, 2.24) is 9.80 Å². The molecule has 1 aliphatic rings. The van der Waals surface area contributed by atoms with Crippen LogP contribution in [-0.4, -0.2) is 41.9 Å². The molecule has 0 aromatic carbocycles. The van der Waals surface area contributed by atoms with Crippen molar-refractivity contribution >= 4 is 50.6 Å². The number of rotatable bonds is 4. The van der Waals surface area contributed by atoms with Crippen LogP contribution >= 0.6 is 38.6 Å². The Balaban J connectivity index is 1.47. The first kappa shape index (κ1) is 15.9. The summed E-state index contributed by atoms with van der Waals surface area (Å²) in [5.74, 6) is 0.118. The average molecular weight is 397 g/mol. The maximum absolute atomic E-state index is 12.2. The van der Waals surface area contributed by atoms with Crippen molar-refractivity contribution in [3.8, 4) is 0 Å². The molecule has 3 heterocycles. The number of hydrogen-bond donors (Lipinski definition) is 0. The molecule has 6 heteroatoms. The number of carbonyl (C=O) groups excluding carboxylic acids is 1. The summed E-state index contributed by atoms with van der Waals surface area (Å²) in [5, 5.41) is 2.02. The summed E-state index contributed by atoms with van der Waals surface area (Å²) in [6.45, 7) is 4.46. The van der Waals surface area contributed by atoms with E-state index in [1.54, 1.807) is 28.7 Å². The first-order chi connectivity index (χ1) is 10.7. The number of piperazine rings is 1. The van der Waals surface area contributed by atoms with Crippen molar-refractivity contribution in [1.29, 1.82) is 0 Å². The predicted molar refractivity (Wildman–Crippen MR) is 97.2 cm³/mol. The Morgan fingerprint density at radius 1 is 1.23 bits per heavy atom. The van der Waals surface area contributed by atoms with Crippen LogP contribution in [0.2, 0.25) is 0 Å². The van der Waals surface area contributed by atoms with Gasteiger partial charge in [0.25, 0.3) is 0 Å². The van der Waals surface area contributed by atoms with E-state index < -0.39 is 0 Å². The van der Waals surface area contributed by atoms with E-state index in [1.165, 1.54) is 8.66 Å². The van der Waals surface area contributed by atoms with Crippen molar-refractivity contribution < 1.29 is 4.79 Å². The fraction of sp³-hybridized carbons (Fsp3) is 0.312. The summed E-state index contributed by atoms with van der Waals surface area (Å²) < 4.78 is 1.18. The SMILES string of the molecule is O=C(/C=C/c1cccs1)N1CCN(Cc2ccc(Br)s2)CC1. The highest BCUT2D eigenvalue weighted by Crippen LogP contribution is 2.23. The number of carbonyl (C=O) groups is 1. The van der Waals surface area contributed by atoms with Crippen molar-refractivity contribution in [2.24, 2.45) is 0 Å². The molecule has 2 aromatic heterocycles. The van der Waals surface area contributed by atoms with Crippen LogP contribution in [-0.2, 0) is 11.3 Å². The van der Waals surface area contributed by atoms with Gasteiger partial charge < -0.3 is 4.90 Å². The lowest BCUT2D eigenvalue weighted by Crippen LogP contribution is -2.47.